The van der Waals surface area contributed by atoms with Gasteiger partial charge in [0.05, 0.1) is 13.2 Å². The van der Waals surface area contributed by atoms with Crippen molar-refractivity contribution in [3.05, 3.63) is 30.3 Å². The van der Waals surface area contributed by atoms with Gasteiger partial charge in [-0.2, -0.15) is 0 Å². The highest BCUT2D eigenvalue weighted by molar-refractivity contribution is 5.79. The summed E-state index contributed by atoms with van der Waals surface area (Å²) in [5.74, 6) is -0.0129. The average Bonchev–Trinajstić information content (AvgIpc) is 2.91. The first-order valence-corrected chi connectivity index (χ1v) is 6.37. The Kier molecular flexibility index (Phi) is 4.59. The second-order valence-electron chi connectivity index (χ2n) is 4.36. The van der Waals surface area contributed by atoms with Crippen molar-refractivity contribution in [2.45, 2.75) is 19.4 Å². The number of anilines is 1. The summed E-state index contributed by atoms with van der Waals surface area (Å²) in [7, 11) is 0. The normalized spacial score (nSPS) is 20.4. The Morgan fingerprint density at radius 2 is 2.28 bits per heavy atom. The third-order valence-corrected chi connectivity index (χ3v) is 3.07. The Morgan fingerprint density at radius 1 is 1.50 bits per heavy atom. The second-order valence-corrected chi connectivity index (χ2v) is 4.36. The fraction of sp³-hybridized carbons (Fsp3) is 0.500. The van der Waals surface area contributed by atoms with E-state index in [-0.39, 0.29) is 17.9 Å². The minimum atomic E-state index is -0.324. The quantitative estimate of drug-likeness (QED) is 0.811. The number of esters is 1. The Bertz CT molecular complexity index is 374. The van der Waals surface area contributed by atoms with Gasteiger partial charge in [-0.1, -0.05) is 18.2 Å². The van der Waals surface area contributed by atoms with E-state index >= 15 is 0 Å². The third-order valence-electron chi connectivity index (χ3n) is 3.07. The SMILES string of the molecule is CCOC(=O)C(Nc1ccccc1)C1CCOC1. The lowest BCUT2D eigenvalue weighted by Crippen LogP contribution is -2.38. The molecule has 4 nitrogen and oxygen atoms in total. The van der Waals surface area contributed by atoms with Gasteiger partial charge in [0, 0.05) is 18.2 Å². The van der Waals surface area contributed by atoms with E-state index in [0.717, 1.165) is 18.7 Å². The molecule has 2 rings (SSSR count). The molecule has 0 aromatic heterocycles. The lowest BCUT2D eigenvalue weighted by atomic mass is 9.99. The van der Waals surface area contributed by atoms with Crippen molar-refractivity contribution in [2.75, 3.05) is 25.1 Å². The third kappa shape index (κ3) is 3.23. The molecule has 0 spiro atoms. The Morgan fingerprint density at radius 3 is 2.89 bits per heavy atom. The predicted octanol–water partition coefficient (Wildman–Crippen LogP) is 2.07. The number of rotatable bonds is 5. The molecule has 18 heavy (non-hydrogen) atoms. The fourth-order valence-electron chi connectivity index (χ4n) is 2.13. The van der Waals surface area contributed by atoms with Crippen molar-refractivity contribution in [3.63, 3.8) is 0 Å². The van der Waals surface area contributed by atoms with Crippen molar-refractivity contribution in [3.8, 4) is 0 Å². The Balaban J connectivity index is 2.06. The van der Waals surface area contributed by atoms with Crippen LogP contribution in [0.2, 0.25) is 0 Å². The molecule has 0 amide bonds. The zero-order valence-electron chi connectivity index (χ0n) is 10.6. The van der Waals surface area contributed by atoms with Crippen LogP contribution < -0.4 is 5.32 Å². The largest absolute Gasteiger partial charge is 0.464 e. The van der Waals surface area contributed by atoms with Crippen molar-refractivity contribution in [2.24, 2.45) is 5.92 Å². The van der Waals surface area contributed by atoms with E-state index in [1.807, 2.05) is 37.3 Å². The van der Waals surface area contributed by atoms with Crippen LogP contribution in [0.3, 0.4) is 0 Å². The minimum absolute atomic E-state index is 0.184. The zero-order valence-corrected chi connectivity index (χ0v) is 10.6. The van der Waals surface area contributed by atoms with Crippen LogP contribution in [0.1, 0.15) is 13.3 Å². The molecule has 0 aliphatic carbocycles. The van der Waals surface area contributed by atoms with E-state index < -0.39 is 0 Å². The van der Waals surface area contributed by atoms with Gasteiger partial charge < -0.3 is 14.8 Å². The van der Waals surface area contributed by atoms with Crippen LogP contribution in [0.15, 0.2) is 30.3 Å². The highest BCUT2D eigenvalue weighted by atomic mass is 16.5. The maximum Gasteiger partial charge on any atom is 0.328 e. The summed E-state index contributed by atoms with van der Waals surface area (Å²) in [6.07, 6.45) is 0.892. The smallest absolute Gasteiger partial charge is 0.328 e. The molecule has 98 valence electrons. The van der Waals surface area contributed by atoms with E-state index in [9.17, 15) is 4.79 Å². The number of ether oxygens (including phenoxy) is 2. The summed E-state index contributed by atoms with van der Waals surface area (Å²) in [6.45, 7) is 3.56. The van der Waals surface area contributed by atoms with E-state index in [1.54, 1.807) is 0 Å². The average molecular weight is 249 g/mol. The molecule has 1 aliphatic rings. The van der Waals surface area contributed by atoms with E-state index in [0.29, 0.717) is 13.2 Å². The summed E-state index contributed by atoms with van der Waals surface area (Å²) in [5.41, 5.74) is 0.933. The van der Waals surface area contributed by atoms with Gasteiger partial charge in [0.1, 0.15) is 6.04 Å². The van der Waals surface area contributed by atoms with E-state index in [1.165, 1.54) is 0 Å². The number of benzene rings is 1. The molecule has 1 N–H and O–H groups in total. The predicted molar refractivity (Wildman–Crippen MR) is 69.4 cm³/mol. The maximum absolute atomic E-state index is 12.0. The first kappa shape index (κ1) is 12.9. The van der Waals surface area contributed by atoms with Crippen molar-refractivity contribution in [1.29, 1.82) is 0 Å². The molecule has 1 aromatic rings. The van der Waals surface area contributed by atoms with Gasteiger partial charge in [-0.25, -0.2) is 4.79 Å². The molecular formula is C14H19NO3. The maximum atomic E-state index is 12.0. The molecule has 1 fully saturated rings. The van der Waals surface area contributed by atoms with Gasteiger partial charge >= 0.3 is 5.97 Å². The van der Waals surface area contributed by atoms with Crippen LogP contribution in [-0.4, -0.2) is 31.8 Å². The molecule has 0 saturated carbocycles. The second kappa shape index (κ2) is 6.40. The van der Waals surface area contributed by atoms with Gasteiger partial charge in [-0.15, -0.1) is 0 Å². The summed E-state index contributed by atoms with van der Waals surface area (Å²) in [5, 5.41) is 3.25. The standard InChI is InChI=1S/C14H19NO3/c1-2-18-14(16)13(11-8-9-17-10-11)15-12-6-4-3-5-7-12/h3-7,11,13,15H,2,8-10H2,1H3. The van der Waals surface area contributed by atoms with E-state index in [4.69, 9.17) is 9.47 Å². The van der Waals surface area contributed by atoms with Gasteiger partial charge in [0.25, 0.3) is 0 Å². The zero-order chi connectivity index (χ0) is 12.8. The van der Waals surface area contributed by atoms with E-state index in [2.05, 4.69) is 5.32 Å². The summed E-state index contributed by atoms with van der Waals surface area (Å²) in [4.78, 5) is 12.0. The summed E-state index contributed by atoms with van der Waals surface area (Å²) >= 11 is 0. The van der Waals surface area contributed by atoms with Crippen molar-refractivity contribution >= 4 is 11.7 Å². The number of carbonyl (C=O) groups excluding carboxylic acids is 1. The van der Waals surface area contributed by atoms with Gasteiger partial charge in [-0.05, 0) is 25.5 Å². The molecule has 2 unspecified atom stereocenters. The fourth-order valence-corrected chi connectivity index (χ4v) is 2.13. The first-order chi connectivity index (χ1) is 8.81. The Hall–Kier alpha value is -1.55. The van der Waals surface area contributed by atoms with Crippen LogP contribution in [0.25, 0.3) is 0 Å². The number of nitrogens with one attached hydrogen (secondary N) is 1. The summed E-state index contributed by atoms with van der Waals surface area (Å²) < 4.78 is 10.5. The number of para-hydroxylation sites is 1. The van der Waals surface area contributed by atoms with Crippen LogP contribution in [0.5, 0.6) is 0 Å². The highest BCUT2D eigenvalue weighted by Crippen LogP contribution is 2.21. The van der Waals surface area contributed by atoms with Gasteiger partial charge in [0.15, 0.2) is 0 Å². The molecule has 1 aromatic carbocycles. The van der Waals surface area contributed by atoms with Gasteiger partial charge in [-0.3, -0.25) is 0 Å². The van der Waals surface area contributed by atoms with Crippen molar-refractivity contribution < 1.29 is 14.3 Å². The first-order valence-electron chi connectivity index (χ1n) is 6.37. The highest BCUT2D eigenvalue weighted by Gasteiger charge is 2.32. The number of hydrogen-bond acceptors (Lipinski definition) is 4. The molecule has 1 aliphatic heterocycles. The molecule has 1 heterocycles. The van der Waals surface area contributed by atoms with Crippen LogP contribution in [0.4, 0.5) is 5.69 Å². The molecular weight excluding hydrogens is 230 g/mol. The number of carbonyl (C=O) groups is 1. The van der Waals surface area contributed by atoms with Crippen LogP contribution in [0, 0.1) is 5.92 Å². The minimum Gasteiger partial charge on any atom is -0.464 e. The molecule has 0 radical (unpaired) electrons. The lowest BCUT2D eigenvalue weighted by Gasteiger charge is -2.22. The summed E-state index contributed by atoms with van der Waals surface area (Å²) in [6, 6.07) is 9.40. The topological polar surface area (TPSA) is 47.6 Å². The Labute approximate surface area is 107 Å². The lowest BCUT2D eigenvalue weighted by molar-refractivity contribution is -0.145. The molecule has 4 heteroatoms. The van der Waals surface area contributed by atoms with Crippen molar-refractivity contribution in [1.82, 2.24) is 0 Å². The van der Waals surface area contributed by atoms with Gasteiger partial charge in [0.2, 0.25) is 0 Å². The molecule has 2 atom stereocenters. The molecule has 1 saturated heterocycles. The number of hydrogen-bond donors (Lipinski definition) is 1. The monoisotopic (exact) mass is 249 g/mol. The molecule has 0 bridgehead atoms. The van der Waals surface area contributed by atoms with Crippen LogP contribution in [-0.2, 0) is 14.3 Å². The van der Waals surface area contributed by atoms with Crippen LogP contribution >= 0.6 is 0 Å².